The first kappa shape index (κ1) is 12.5. The summed E-state index contributed by atoms with van der Waals surface area (Å²) in [5.41, 5.74) is 5.59. The van der Waals surface area contributed by atoms with Gasteiger partial charge >= 0.3 is 0 Å². The number of hydrogen-bond acceptors (Lipinski definition) is 7. The van der Waals surface area contributed by atoms with Gasteiger partial charge < -0.3 is 20.3 Å². The first-order chi connectivity index (χ1) is 8.72. The van der Waals surface area contributed by atoms with Crippen LogP contribution in [-0.2, 0) is 16.2 Å². The summed E-state index contributed by atoms with van der Waals surface area (Å²) in [5, 5.41) is 8.49. The number of nitrogen functional groups attached to an aromatic ring is 1. The number of hydrogen-bond donors (Lipinski definition) is 3. The molecule has 4 N–H and O–H groups in total. The number of rotatable bonds is 6. The minimum Gasteiger partial charge on any atom is -0.394 e. The molecule has 0 saturated carbocycles. The van der Waals surface area contributed by atoms with Crippen molar-refractivity contribution in [1.82, 2.24) is 19.5 Å². The van der Waals surface area contributed by atoms with Crippen molar-refractivity contribution in [1.29, 1.82) is 0 Å². The molecule has 0 unspecified atom stereocenters. The largest absolute Gasteiger partial charge is 0.394 e. The van der Waals surface area contributed by atoms with Gasteiger partial charge in [0, 0.05) is 0 Å². The highest BCUT2D eigenvalue weighted by Crippen LogP contribution is 2.06. The smallest absolute Gasteiger partial charge is 0.280 e. The number of ether oxygens (including phenoxy) is 2. The van der Waals surface area contributed by atoms with E-state index in [2.05, 4.69) is 15.0 Å². The molecule has 0 fully saturated rings. The minimum absolute atomic E-state index is 0.0192. The molecule has 0 aliphatic heterocycles. The molecule has 18 heavy (non-hydrogen) atoms. The predicted octanol–water partition coefficient (Wildman–Crippen LogP) is -1.36. The van der Waals surface area contributed by atoms with Gasteiger partial charge in [-0.2, -0.15) is 4.98 Å². The molecule has 9 nitrogen and oxygen atoms in total. The third-order valence-electron chi connectivity index (χ3n) is 2.13. The maximum Gasteiger partial charge on any atom is 0.280 e. The summed E-state index contributed by atoms with van der Waals surface area (Å²) in [7, 11) is 0. The molecule has 0 saturated heterocycles. The number of aliphatic hydroxyl groups excluding tert-OH is 1. The third kappa shape index (κ3) is 2.64. The number of aromatic amines is 1. The van der Waals surface area contributed by atoms with Crippen LogP contribution in [0.15, 0.2) is 11.1 Å². The fourth-order valence-corrected chi connectivity index (χ4v) is 1.38. The van der Waals surface area contributed by atoms with E-state index in [4.69, 9.17) is 20.3 Å². The number of H-pyrrole nitrogens is 1. The topological polar surface area (TPSA) is 128 Å². The van der Waals surface area contributed by atoms with Crippen molar-refractivity contribution >= 4 is 17.1 Å². The SMILES string of the molecule is Nc1nc2c(ncn2COCOCCO)c(=O)[nH]1. The van der Waals surface area contributed by atoms with Gasteiger partial charge in [-0.25, -0.2) is 4.98 Å². The van der Waals surface area contributed by atoms with Crippen molar-refractivity contribution in [3.63, 3.8) is 0 Å². The van der Waals surface area contributed by atoms with Gasteiger partial charge in [-0.1, -0.05) is 0 Å². The van der Waals surface area contributed by atoms with E-state index in [0.717, 1.165) is 0 Å². The molecule has 2 rings (SSSR count). The highest BCUT2D eigenvalue weighted by Gasteiger charge is 2.08. The lowest BCUT2D eigenvalue weighted by atomic mass is 10.5. The van der Waals surface area contributed by atoms with E-state index < -0.39 is 5.56 Å². The van der Waals surface area contributed by atoms with Crippen molar-refractivity contribution < 1.29 is 14.6 Å². The molecule has 2 aromatic heterocycles. The van der Waals surface area contributed by atoms with Crippen LogP contribution in [0.4, 0.5) is 5.95 Å². The van der Waals surface area contributed by atoms with Crippen molar-refractivity contribution in [2.24, 2.45) is 0 Å². The standard InChI is InChI=1S/C9H13N5O4/c10-9-12-7-6(8(16)13-9)11-3-14(7)4-18-5-17-2-1-15/h3,15H,1-2,4-5H2,(H3,10,12,13,16). The zero-order chi connectivity index (χ0) is 13.0. The molecule has 98 valence electrons. The number of nitrogens with two attached hydrogens (primary N) is 1. The van der Waals surface area contributed by atoms with Crippen LogP contribution < -0.4 is 11.3 Å². The number of aliphatic hydroxyl groups is 1. The Labute approximate surface area is 101 Å². The predicted molar refractivity (Wildman–Crippen MR) is 61.6 cm³/mol. The summed E-state index contributed by atoms with van der Waals surface area (Å²) in [6.07, 6.45) is 1.43. The van der Waals surface area contributed by atoms with Crippen LogP contribution >= 0.6 is 0 Å². The molecule has 0 bridgehead atoms. The van der Waals surface area contributed by atoms with Gasteiger partial charge in [0.15, 0.2) is 11.2 Å². The average Bonchev–Trinajstić information content (AvgIpc) is 2.72. The first-order valence-corrected chi connectivity index (χ1v) is 5.19. The molecule has 9 heteroatoms. The average molecular weight is 255 g/mol. The third-order valence-corrected chi connectivity index (χ3v) is 2.13. The van der Waals surface area contributed by atoms with Crippen LogP contribution in [0.25, 0.3) is 11.2 Å². The normalized spacial score (nSPS) is 11.2. The fourth-order valence-electron chi connectivity index (χ4n) is 1.38. The van der Waals surface area contributed by atoms with E-state index >= 15 is 0 Å². The minimum atomic E-state index is -0.396. The quantitative estimate of drug-likeness (QED) is 0.429. The number of anilines is 1. The molecule has 2 aromatic rings. The molecule has 0 aromatic carbocycles. The van der Waals surface area contributed by atoms with Crippen LogP contribution in [0, 0.1) is 0 Å². The zero-order valence-electron chi connectivity index (χ0n) is 9.50. The molecule has 2 heterocycles. The van der Waals surface area contributed by atoms with E-state index in [9.17, 15) is 4.79 Å². The lowest BCUT2D eigenvalue weighted by molar-refractivity contribution is -0.0845. The summed E-state index contributed by atoms with van der Waals surface area (Å²) < 4.78 is 11.6. The molecule has 0 atom stereocenters. The van der Waals surface area contributed by atoms with Crippen LogP contribution in [0.2, 0.25) is 0 Å². The fraction of sp³-hybridized carbons (Fsp3) is 0.444. The van der Waals surface area contributed by atoms with Gasteiger partial charge in [-0.15, -0.1) is 0 Å². The van der Waals surface area contributed by atoms with Gasteiger partial charge in [0.05, 0.1) is 19.5 Å². The Kier molecular flexibility index (Phi) is 3.87. The van der Waals surface area contributed by atoms with Crippen molar-refractivity contribution in [3.8, 4) is 0 Å². The maximum absolute atomic E-state index is 11.5. The Hall–Kier alpha value is -1.97. The molecule has 0 spiro atoms. The van der Waals surface area contributed by atoms with Crippen molar-refractivity contribution in [3.05, 3.63) is 16.7 Å². The molecule has 0 aliphatic rings. The highest BCUT2D eigenvalue weighted by molar-refractivity contribution is 5.70. The van der Waals surface area contributed by atoms with Crippen molar-refractivity contribution in [2.45, 2.75) is 6.73 Å². The maximum atomic E-state index is 11.5. The van der Waals surface area contributed by atoms with E-state index in [1.54, 1.807) is 0 Å². The van der Waals surface area contributed by atoms with Crippen LogP contribution in [0.5, 0.6) is 0 Å². The van der Waals surface area contributed by atoms with Crippen LogP contribution in [0.1, 0.15) is 0 Å². The summed E-state index contributed by atoms with van der Waals surface area (Å²) in [6.45, 7) is 0.289. The Morgan fingerprint density at radius 3 is 3.11 bits per heavy atom. The van der Waals surface area contributed by atoms with Gasteiger partial charge in [0.1, 0.15) is 13.5 Å². The van der Waals surface area contributed by atoms with Gasteiger partial charge in [0.2, 0.25) is 5.95 Å². The van der Waals surface area contributed by atoms with E-state index in [1.807, 2.05) is 0 Å². The number of imidazole rings is 1. The molecule has 0 aliphatic carbocycles. The number of nitrogens with zero attached hydrogens (tertiary/aromatic N) is 3. The lowest BCUT2D eigenvalue weighted by Gasteiger charge is -2.05. The molecule has 0 amide bonds. The van der Waals surface area contributed by atoms with Gasteiger partial charge in [-0.05, 0) is 0 Å². The second-order valence-corrected chi connectivity index (χ2v) is 3.42. The summed E-state index contributed by atoms with van der Waals surface area (Å²) in [6, 6.07) is 0. The first-order valence-electron chi connectivity index (χ1n) is 5.19. The number of fused-ring (bicyclic) bond motifs is 1. The van der Waals surface area contributed by atoms with Gasteiger partial charge in [-0.3, -0.25) is 14.3 Å². The van der Waals surface area contributed by atoms with E-state index in [-0.39, 0.29) is 38.2 Å². The zero-order valence-corrected chi connectivity index (χ0v) is 9.50. The second kappa shape index (κ2) is 5.58. The van der Waals surface area contributed by atoms with Crippen LogP contribution in [0.3, 0.4) is 0 Å². The monoisotopic (exact) mass is 255 g/mol. The van der Waals surface area contributed by atoms with Crippen molar-refractivity contribution in [2.75, 3.05) is 25.7 Å². The highest BCUT2D eigenvalue weighted by atomic mass is 16.7. The molecule has 0 radical (unpaired) electrons. The Morgan fingerprint density at radius 2 is 2.33 bits per heavy atom. The van der Waals surface area contributed by atoms with E-state index in [0.29, 0.717) is 5.65 Å². The Balaban J connectivity index is 2.07. The van der Waals surface area contributed by atoms with E-state index in [1.165, 1.54) is 10.9 Å². The van der Waals surface area contributed by atoms with Gasteiger partial charge in [0.25, 0.3) is 5.56 Å². The second-order valence-electron chi connectivity index (χ2n) is 3.42. The molecular formula is C9H13N5O4. The molecular weight excluding hydrogens is 242 g/mol. The number of nitrogens with one attached hydrogen (secondary N) is 1. The summed E-state index contributed by atoms with van der Waals surface area (Å²) >= 11 is 0. The lowest BCUT2D eigenvalue weighted by Crippen LogP contribution is -2.13. The van der Waals surface area contributed by atoms with Crippen LogP contribution in [-0.4, -0.2) is 44.6 Å². The summed E-state index contributed by atoms with van der Waals surface area (Å²) in [4.78, 5) is 21.7. The Morgan fingerprint density at radius 1 is 1.50 bits per heavy atom. The Bertz CT molecular complexity index is 578. The summed E-state index contributed by atoms with van der Waals surface area (Å²) in [5.74, 6) is 0.0192. The number of aromatic nitrogens is 4.